The summed E-state index contributed by atoms with van der Waals surface area (Å²) < 4.78 is 5.63. The van der Waals surface area contributed by atoms with E-state index in [1.54, 1.807) is 20.8 Å². The minimum Gasteiger partial charge on any atom is -0.480 e. The van der Waals surface area contributed by atoms with Crippen molar-refractivity contribution < 1.29 is 24.2 Å². The Hall–Kier alpha value is -3.35. The number of nitrogens with one attached hydrogen (secondary N) is 2. The second-order valence-corrected chi connectivity index (χ2v) is 10.3. The number of hydrogen-bond donors (Lipinski definition) is 3. The van der Waals surface area contributed by atoms with Crippen LogP contribution in [0.1, 0.15) is 57.1 Å². The third-order valence-corrected chi connectivity index (χ3v) is 6.90. The number of benzene rings is 2. The van der Waals surface area contributed by atoms with Gasteiger partial charge in [0.1, 0.15) is 12.6 Å². The molecular weight excluding hydrogens is 432 g/mol. The maximum Gasteiger partial charge on any atom is 0.407 e. The van der Waals surface area contributed by atoms with E-state index in [1.807, 2.05) is 24.3 Å². The van der Waals surface area contributed by atoms with Gasteiger partial charge in [0.25, 0.3) is 0 Å². The molecule has 3 atom stereocenters. The van der Waals surface area contributed by atoms with E-state index in [9.17, 15) is 19.5 Å². The lowest BCUT2D eigenvalue weighted by molar-refractivity contribution is -0.145. The molecule has 7 nitrogen and oxygen atoms in total. The standard InChI is InChI=1S/C27H32N2O5/c1-27(2,3)23(25(31)32)29-24(30)20-13-8-14-22(20)28-26(33)34-15-21-18-11-6-4-9-16(18)17-10-5-7-12-19(17)21/h4-7,9-12,20-23H,8,13-15H2,1-3H3,(H,28,33)(H,29,30)(H,31,32)/t20-,22+,23+/m1/s1. The van der Waals surface area contributed by atoms with Crippen molar-refractivity contribution in [3.05, 3.63) is 59.7 Å². The number of carboxylic acids is 1. The number of amides is 2. The minimum atomic E-state index is -1.07. The zero-order chi connectivity index (χ0) is 24.5. The highest BCUT2D eigenvalue weighted by molar-refractivity contribution is 5.86. The van der Waals surface area contributed by atoms with Crippen molar-refractivity contribution in [2.24, 2.45) is 11.3 Å². The highest BCUT2D eigenvalue weighted by Gasteiger charge is 2.39. The first kappa shape index (κ1) is 23.8. The normalized spacial score (nSPS) is 20.2. The summed E-state index contributed by atoms with van der Waals surface area (Å²) in [5, 5.41) is 15.0. The second-order valence-electron chi connectivity index (χ2n) is 10.3. The third-order valence-electron chi connectivity index (χ3n) is 6.90. The molecule has 1 fully saturated rings. The lowest BCUT2D eigenvalue weighted by atomic mass is 9.86. The van der Waals surface area contributed by atoms with Crippen molar-refractivity contribution in [3.63, 3.8) is 0 Å². The number of ether oxygens (including phenoxy) is 1. The number of aliphatic carboxylic acids is 1. The van der Waals surface area contributed by atoms with Gasteiger partial charge in [0.05, 0.1) is 5.92 Å². The molecule has 2 aromatic carbocycles. The van der Waals surface area contributed by atoms with Crippen LogP contribution in [0.3, 0.4) is 0 Å². The number of carboxylic acid groups (broad SMARTS) is 1. The van der Waals surface area contributed by atoms with Crippen molar-refractivity contribution in [2.75, 3.05) is 6.61 Å². The van der Waals surface area contributed by atoms with Gasteiger partial charge in [0.2, 0.25) is 5.91 Å². The maximum absolute atomic E-state index is 12.9. The molecule has 2 aliphatic carbocycles. The molecule has 180 valence electrons. The number of rotatable bonds is 6. The average Bonchev–Trinajstić information content (AvgIpc) is 3.37. The Bertz CT molecular complexity index is 1040. The number of carbonyl (C=O) groups is 3. The van der Waals surface area contributed by atoms with Gasteiger partial charge < -0.3 is 20.5 Å². The molecule has 1 saturated carbocycles. The van der Waals surface area contributed by atoms with Crippen LogP contribution < -0.4 is 10.6 Å². The molecule has 0 unspecified atom stereocenters. The zero-order valence-electron chi connectivity index (χ0n) is 19.8. The molecule has 0 aromatic heterocycles. The van der Waals surface area contributed by atoms with Crippen molar-refractivity contribution in [2.45, 2.75) is 58.0 Å². The van der Waals surface area contributed by atoms with Gasteiger partial charge in [-0.2, -0.15) is 0 Å². The molecule has 2 aromatic rings. The van der Waals surface area contributed by atoms with Crippen LogP contribution in [0.15, 0.2) is 48.5 Å². The van der Waals surface area contributed by atoms with Gasteiger partial charge in [-0.25, -0.2) is 9.59 Å². The summed E-state index contributed by atoms with van der Waals surface area (Å²) in [4.78, 5) is 37.2. The number of alkyl carbamates (subject to hydrolysis) is 1. The molecule has 0 aliphatic heterocycles. The van der Waals surface area contributed by atoms with E-state index in [-0.39, 0.29) is 24.5 Å². The van der Waals surface area contributed by atoms with E-state index in [4.69, 9.17) is 4.74 Å². The maximum atomic E-state index is 12.9. The van der Waals surface area contributed by atoms with Gasteiger partial charge in [-0.3, -0.25) is 4.79 Å². The fourth-order valence-electron chi connectivity index (χ4n) is 5.14. The van der Waals surface area contributed by atoms with Crippen molar-refractivity contribution in [1.82, 2.24) is 10.6 Å². The van der Waals surface area contributed by atoms with Crippen LogP contribution >= 0.6 is 0 Å². The molecule has 0 heterocycles. The van der Waals surface area contributed by atoms with Gasteiger partial charge in [-0.1, -0.05) is 75.7 Å². The lowest BCUT2D eigenvalue weighted by Gasteiger charge is -2.30. The summed E-state index contributed by atoms with van der Waals surface area (Å²) in [6.45, 7) is 5.52. The van der Waals surface area contributed by atoms with Crippen molar-refractivity contribution >= 4 is 18.0 Å². The molecule has 3 N–H and O–H groups in total. The summed E-state index contributed by atoms with van der Waals surface area (Å²) in [5.74, 6) is -1.93. The average molecular weight is 465 g/mol. The Morgan fingerprint density at radius 2 is 1.59 bits per heavy atom. The predicted molar refractivity (Wildman–Crippen MR) is 128 cm³/mol. The molecule has 0 spiro atoms. The molecule has 7 heteroatoms. The molecule has 4 rings (SSSR count). The van der Waals surface area contributed by atoms with E-state index >= 15 is 0 Å². The van der Waals surface area contributed by atoms with Crippen LogP contribution in [-0.4, -0.2) is 41.8 Å². The highest BCUT2D eigenvalue weighted by Crippen LogP contribution is 2.44. The van der Waals surface area contributed by atoms with Crippen LogP contribution in [0.4, 0.5) is 4.79 Å². The Balaban J connectivity index is 1.38. The molecule has 0 radical (unpaired) electrons. The predicted octanol–water partition coefficient (Wildman–Crippen LogP) is 4.31. The number of fused-ring (bicyclic) bond motifs is 3. The quantitative estimate of drug-likeness (QED) is 0.591. The summed E-state index contributed by atoms with van der Waals surface area (Å²) in [6.07, 6.45) is 1.46. The van der Waals surface area contributed by atoms with E-state index in [0.29, 0.717) is 12.8 Å². The van der Waals surface area contributed by atoms with Crippen molar-refractivity contribution in [3.8, 4) is 11.1 Å². The first-order valence-electron chi connectivity index (χ1n) is 11.8. The third kappa shape index (κ3) is 4.79. The zero-order valence-corrected chi connectivity index (χ0v) is 19.8. The Kier molecular flexibility index (Phi) is 6.64. The van der Waals surface area contributed by atoms with Crippen LogP contribution in [0.25, 0.3) is 11.1 Å². The molecular formula is C27H32N2O5. The largest absolute Gasteiger partial charge is 0.480 e. The molecule has 2 aliphatic rings. The fourth-order valence-corrected chi connectivity index (χ4v) is 5.14. The topological polar surface area (TPSA) is 105 Å². The van der Waals surface area contributed by atoms with Gasteiger partial charge in [0, 0.05) is 12.0 Å². The Morgan fingerprint density at radius 3 is 2.15 bits per heavy atom. The Morgan fingerprint density at radius 1 is 1.00 bits per heavy atom. The van der Waals surface area contributed by atoms with Crippen LogP contribution in [0, 0.1) is 11.3 Å². The first-order valence-corrected chi connectivity index (χ1v) is 11.8. The fraction of sp³-hybridized carbons (Fsp3) is 0.444. The lowest BCUT2D eigenvalue weighted by Crippen LogP contribution is -2.53. The second kappa shape index (κ2) is 9.49. The molecule has 2 amide bonds. The van der Waals surface area contributed by atoms with Gasteiger partial charge >= 0.3 is 12.1 Å². The van der Waals surface area contributed by atoms with E-state index in [1.165, 1.54) is 0 Å². The van der Waals surface area contributed by atoms with Gasteiger partial charge in [-0.15, -0.1) is 0 Å². The van der Waals surface area contributed by atoms with Crippen LogP contribution in [0.5, 0.6) is 0 Å². The SMILES string of the molecule is CC(C)(C)[C@@H](NC(=O)[C@@H]1CCC[C@@H]1NC(=O)OCC1c2ccccc2-c2ccccc21)C(=O)O. The summed E-state index contributed by atoms with van der Waals surface area (Å²) in [5.41, 5.74) is 3.96. The van der Waals surface area contributed by atoms with Crippen LogP contribution in [-0.2, 0) is 14.3 Å². The highest BCUT2D eigenvalue weighted by atomic mass is 16.5. The molecule has 0 saturated heterocycles. The Labute approximate surface area is 199 Å². The van der Waals surface area contributed by atoms with Crippen molar-refractivity contribution in [1.29, 1.82) is 0 Å². The summed E-state index contributed by atoms with van der Waals surface area (Å²) in [6, 6.07) is 14.9. The van der Waals surface area contributed by atoms with Gasteiger partial charge in [0.15, 0.2) is 0 Å². The van der Waals surface area contributed by atoms with E-state index < -0.39 is 29.4 Å². The molecule has 34 heavy (non-hydrogen) atoms. The number of hydrogen-bond acceptors (Lipinski definition) is 4. The van der Waals surface area contributed by atoms with E-state index in [0.717, 1.165) is 28.7 Å². The first-order chi connectivity index (χ1) is 16.2. The number of carbonyl (C=O) groups excluding carboxylic acids is 2. The smallest absolute Gasteiger partial charge is 0.407 e. The van der Waals surface area contributed by atoms with Gasteiger partial charge in [-0.05, 0) is 40.5 Å². The van der Waals surface area contributed by atoms with Crippen LogP contribution in [0.2, 0.25) is 0 Å². The molecule has 0 bridgehead atoms. The summed E-state index contributed by atoms with van der Waals surface area (Å²) >= 11 is 0. The monoisotopic (exact) mass is 464 g/mol. The van der Waals surface area contributed by atoms with E-state index in [2.05, 4.69) is 34.9 Å². The summed E-state index contributed by atoms with van der Waals surface area (Å²) in [7, 11) is 0. The minimum absolute atomic E-state index is 0.0380.